The fourth-order valence-electron chi connectivity index (χ4n) is 4.04. The Balaban J connectivity index is 1.57. The number of piperidine rings is 1. The molecule has 2 aliphatic rings. The third kappa shape index (κ3) is 2.61. The Morgan fingerprint density at radius 1 is 1.25 bits per heavy atom. The zero-order valence-corrected chi connectivity index (χ0v) is 14.6. The first kappa shape index (κ1) is 15.7. The molecule has 1 aromatic carbocycles. The molecule has 2 aromatic rings. The van der Waals surface area contributed by atoms with Crippen molar-refractivity contribution in [2.45, 2.75) is 24.8 Å². The maximum Gasteiger partial charge on any atom is 0.232 e. The standard InChI is InChI=1S/C17H22N4O2S/c1-24(22,23)21-13-17(14-4-2-3-5-15(14)21)6-10-20(11-7-17)12-16-18-8-9-19-16/h2-5,8-9H,6-7,10-13H2,1H3,(H,18,19). The minimum absolute atomic E-state index is 0.0562. The van der Waals surface area contributed by atoms with E-state index in [2.05, 4.69) is 20.9 Å². The summed E-state index contributed by atoms with van der Waals surface area (Å²) in [5.74, 6) is 0.982. The third-order valence-electron chi connectivity index (χ3n) is 5.33. The summed E-state index contributed by atoms with van der Waals surface area (Å²) in [6.45, 7) is 3.29. The first-order valence-electron chi connectivity index (χ1n) is 8.26. The molecular weight excluding hydrogens is 324 g/mol. The molecule has 0 saturated carbocycles. The molecule has 3 heterocycles. The number of aromatic nitrogens is 2. The highest BCUT2D eigenvalue weighted by atomic mass is 32.2. The molecule has 7 heteroatoms. The summed E-state index contributed by atoms with van der Waals surface area (Å²) in [5.41, 5.74) is 1.99. The van der Waals surface area contributed by atoms with Crippen molar-refractivity contribution in [2.75, 3.05) is 30.2 Å². The lowest BCUT2D eigenvalue weighted by Gasteiger charge is -2.39. The molecule has 2 aliphatic heterocycles. The quantitative estimate of drug-likeness (QED) is 0.919. The van der Waals surface area contributed by atoms with Crippen LogP contribution in [0.5, 0.6) is 0 Å². The number of anilines is 1. The number of hydrogen-bond acceptors (Lipinski definition) is 4. The van der Waals surface area contributed by atoms with Crippen LogP contribution in [0.2, 0.25) is 0 Å². The Bertz CT molecular complexity index is 824. The average molecular weight is 346 g/mol. The molecule has 6 nitrogen and oxygen atoms in total. The van der Waals surface area contributed by atoms with Gasteiger partial charge in [-0.1, -0.05) is 18.2 Å². The molecule has 4 rings (SSSR count). The third-order valence-corrected chi connectivity index (χ3v) is 6.46. The van der Waals surface area contributed by atoms with Crippen molar-refractivity contribution >= 4 is 15.7 Å². The minimum Gasteiger partial charge on any atom is -0.348 e. The molecule has 1 spiro atoms. The number of sulfonamides is 1. The molecule has 0 radical (unpaired) electrons. The molecule has 0 bridgehead atoms. The number of hydrogen-bond donors (Lipinski definition) is 1. The first-order chi connectivity index (χ1) is 11.5. The van der Waals surface area contributed by atoms with Crippen LogP contribution in [-0.4, -0.2) is 49.2 Å². The SMILES string of the molecule is CS(=O)(=O)N1CC2(CCN(Cc3ncc[nH]3)CC2)c2ccccc21. The number of fused-ring (bicyclic) bond motifs is 2. The maximum absolute atomic E-state index is 12.2. The summed E-state index contributed by atoms with van der Waals surface area (Å²) in [7, 11) is -3.24. The van der Waals surface area contributed by atoms with Crippen LogP contribution < -0.4 is 4.31 Å². The number of benzene rings is 1. The molecule has 24 heavy (non-hydrogen) atoms. The lowest BCUT2D eigenvalue weighted by Crippen LogP contribution is -2.45. The summed E-state index contributed by atoms with van der Waals surface area (Å²) < 4.78 is 26.0. The van der Waals surface area contributed by atoms with Gasteiger partial charge in [-0.05, 0) is 37.6 Å². The molecule has 128 valence electrons. The van der Waals surface area contributed by atoms with Gasteiger partial charge in [-0.25, -0.2) is 13.4 Å². The number of imidazole rings is 1. The maximum atomic E-state index is 12.2. The lowest BCUT2D eigenvalue weighted by molar-refractivity contribution is 0.158. The van der Waals surface area contributed by atoms with E-state index in [1.165, 1.54) is 11.8 Å². The van der Waals surface area contributed by atoms with Gasteiger partial charge in [-0.3, -0.25) is 9.21 Å². The molecule has 1 fully saturated rings. The second kappa shape index (κ2) is 5.60. The molecule has 1 saturated heterocycles. The molecule has 0 aliphatic carbocycles. The zero-order chi connectivity index (χ0) is 16.8. The van der Waals surface area contributed by atoms with Crippen LogP contribution in [-0.2, 0) is 22.0 Å². The number of rotatable bonds is 3. The van der Waals surface area contributed by atoms with Crippen molar-refractivity contribution in [1.29, 1.82) is 0 Å². The van der Waals surface area contributed by atoms with Gasteiger partial charge in [0.1, 0.15) is 5.82 Å². The van der Waals surface area contributed by atoms with E-state index in [0.29, 0.717) is 6.54 Å². The van der Waals surface area contributed by atoms with Gasteiger partial charge in [0.25, 0.3) is 0 Å². The Labute approximate surface area is 142 Å². The van der Waals surface area contributed by atoms with Crippen molar-refractivity contribution in [3.63, 3.8) is 0 Å². The number of aromatic amines is 1. The second-order valence-electron chi connectivity index (χ2n) is 6.88. The number of nitrogens with one attached hydrogen (secondary N) is 1. The fraction of sp³-hybridized carbons (Fsp3) is 0.471. The number of H-pyrrole nitrogens is 1. The van der Waals surface area contributed by atoms with Crippen LogP contribution >= 0.6 is 0 Å². The van der Waals surface area contributed by atoms with Gasteiger partial charge in [0.15, 0.2) is 0 Å². The van der Waals surface area contributed by atoms with Crippen LogP contribution in [0.15, 0.2) is 36.7 Å². The van der Waals surface area contributed by atoms with Crippen molar-refractivity contribution in [2.24, 2.45) is 0 Å². The van der Waals surface area contributed by atoms with Gasteiger partial charge >= 0.3 is 0 Å². The largest absolute Gasteiger partial charge is 0.348 e. The molecule has 1 aromatic heterocycles. The predicted octanol–water partition coefficient (Wildman–Crippen LogP) is 1.72. The van der Waals surface area contributed by atoms with Crippen LogP contribution in [0, 0.1) is 0 Å². The van der Waals surface area contributed by atoms with E-state index in [1.54, 1.807) is 10.5 Å². The summed E-state index contributed by atoms with van der Waals surface area (Å²) >= 11 is 0. The summed E-state index contributed by atoms with van der Waals surface area (Å²) in [5, 5.41) is 0. The van der Waals surface area contributed by atoms with Crippen molar-refractivity contribution in [3.05, 3.63) is 48.0 Å². The van der Waals surface area contributed by atoms with E-state index >= 15 is 0 Å². The van der Waals surface area contributed by atoms with E-state index in [-0.39, 0.29) is 5.41 Å². The van der Waals surface area contributed by atoms with Crippen molar-refractivity contribution in [3.8, 4) is 0 Å². The van der Waals surface area contributed by atoms with Gasteiger partial charge in [0.2, 0.25) is 10.0 Å². The van der Waals surface area contributed by atoms with E-state index < -0.39 is 10.0 Å². The number of para-hydroxylation sites is 1. The normalized spacial score (nSPS) is 20.5. The highest BCUT2D eigenvalue weighted by molar-refractivity contribution is 7.92. The summed E-state index contributed by atoms with van der Waals surface area (Å²) in [4.78, 5) is 9.83. The van der Waals surface area contributed by atoms with E-state index in [0.717, 1.165) is 44.0 Å². The van der Waals surface area contributed by atoms with Gasteiger partial charge in [-0.15, -0.1) is 0 Å². The highest BCUT2D eigenvalue weighted by Gasteiger charge is 2.46. The average Bonchev–Trinajstić information content (AvgIpc) is 3.17. The van der Waals surface area contributed by atoms with Crippen molar-refractivity contribution < 1.29 is 8.42 Å². The molecular formula is C17H22N4O2S. The summed E-state index contributed by atoms with van der Waals surface area (Å²) in [6, 6.07) is 7.96. The molecule has 1 N–H and O–H groups in total. The molecule has 0 atom stereocenters. The first-order valence-corrected chi connectivity index (χ1v) is 10.1. The van der Waals surface area contributed by atoms with Gasteiger partial charge in [0.05, 0.1) is 18.5 Å². The summed E-state index contributed by atoms with van der Waals surface area (Å²) in [6.07, 6.45) is 6.86. The van der Waals surface area contributed by atoms with Crippen LogP contribution in [0.25, 0.3) is 0 Å². The Morgan fingerprint density at radius 3 is 2.67 bits per heavy atom. The van der Waals surface area contributed by atoms with E-state index in [1.807, 2.05) is 24.4 Å². The molecule has 0 amide bonds. The Morgan fingerprint density at radius 2 is 2.00 bits per heavy atom. The Kier molecular flexibility index (Phi) is 3.65. The predicted molar refractivity (Wildman–Crippen MR) is 93.4 cm³/mol. The lowest BCUT2D eigenvalue weighted by atomic mass is 9.74. The van der Waals surface area contributed by atoms with Crippen LogP contribution in [0.1, 0.15) is 24.2 Å². The van der Waals surface area contributed by atoms with Crippen LogP contribution in [0.4, 0.5) is 5.69 Å². The van der Waals surface area contributed by atoms with Gasteiger partial charge in [0, 0.05) is 24.4 Å². The second-order valence-corrected chi connectivity index (χ2v) is 8.79. The van der Waals surface area contributed by atoms with E-state index in [9.17, 15) is 8.42 Å². The highest BCUT2D eigenvalue weighted by Crippen LogP contribution is 2.47. The van der Waals surface area contributed by atoms with Gasteiger partial charge < -0.3 is 4.98 Å². The topological polar surface area (TPSA) is 69.3 Å². The van der Waals surface area contributed by atoms with Gasteiger partial charge in [-0.2, -0.15) is 0 Å². The zero-order valence-electron chi connectivity index (χ0n) is 13.8. The Hall–Kier alpha value is -1.86. The smallest absolute Gasteiger partial charge is 0.232 e. The number of likely N-dealkylation sites (tertiary alicyclic amines) is 1. The molecule has 0 unspecified atom stereocenters. The number of nitrogens with zero attached hydrogens (tertiary/aromatic N) is 3. The van der Waals surface area contributed by atoms with E-state index in [4.69, 9.17) is 0 Å². The van der Waals surface area contributed by atoms with Crippen molar-refractivity contribution in [1.82, 2.24) is 14.9 Å². The fourth-order valence-corrected chi connectivity index (χ4v) is 5.04. The minimum atomic E-state index is -3.24. The van der Waals surface area contributed by atoms with Crippen LogP contribution in [0.3, 0.4) is 0 Å². The monoisotopic (exact) mass is 346 g/mol.